The number of allylic oxidation sites excluding steroid dienone is 4. The standard InChI is InChI=1S/C25H24N2/c1-3-21-18-20(23-13-6-8-15-25(23)27(21)4-2)11-9-10-19-16-17-26-24-14-7-5-12-22(19)24/h5-18H,3-4H2,1-2H3/p+1. The van der Waals surface area contributed by atoms with E-state index in [1.807, 2.05) is 6.20 Å². The Kier molecular flexibility index (Phi) is 4.88. The molecule has 0 saturated heterocycles. The van der Waals surface area contributed by atoms with Crippen LogP contribution < -0.4 is 9.88 Å². The number of nitrogens with one attached hydrogen (secondary N) is 1. The number of hydrogen-bond acceptors (Lipinski definition) is 1. The summed E-state index contributed by atoms with van der Waals surface area (Å²) in [5.41, 5.74) is 7.56. The van der Waals surface area contributed by atoms with E-state index in [2.05, 4.69) is 103 Å². The van der Waals surface area contributed by atoms with E-state index in [0.29, 0.717) is 0 Å². The minimum atomic E-state index is 0.992. The van der Waals surface area contributed by atoms with Crippen molar-refractivity contribution in [3.63, 3.8) is 0 Å². The second kappa shape index (κ2) is 7.63. The molecule has 1 aliphatic heterocycles. The van der Waals surface area contributed by atoms with Gasteiger partial charge in [0.1, 0.15) is 6.54 Å². The summed E-state index contributed by atoms with van der Waals surface area (Å²) < 4.78 is 2.41. The van der Waals surface area contributed by atoms with Crippen LogP contribution in [0.2, 0.25) is 0 Å². The Morgan fingerprint density at radius 1 is 1.00 bits per heavy atom. The fraction of sp³-hybridized carbons (Fsp3) is 0.160. The minimum Gasteiger partial charge on any atom is -0.361 e. The van der Waals surface area contributed by atoms with Gasteiger partial charge in [0.15, 0.2) is 5.69 Å². The fourth-order valence-corrected chi connectivity index (χ4v) is 3.82. The molecule has 27 heavy (non-hydrogen) atoms. The number of fused-ring (bicyclic) bond motifs is 2. The highest BCUT2D eigenvalue weighted by Crippen LogP contribution is 2.28. The number of anilines is 1. The maximum Gasteiger partial charge on any atom is 0.213 e. The first kappa shape index (κ1) is 17.3. The number of nitrogens with zero attached hydrogens (tertiary/aromatic N) is 1. The first-order valence-electron chi connectivity index (χ1n) is 9.67. The van der Waals surface area contributed by atoms with E-state index in [9.17, 15) is 0 Å². The molecule has 2 heterocycles. The van der Waals surface area contributed by atoms with Gasteiger partial charge in [0.05, 0.1) is 5.39 Å². The lowest BCUT2D eigenvalue weighted by Gasteiger charge is -2.14. The van der Waals surface area contributed by atoms with Gasteiger partial charge >= 0.3 is 0 Å². The Bertz CT molecular complexity index is 1070. The summed E-state index contributed by atoms with van der Waals surface area (Å²) >= 11 is 0. The van der Waals surface area contributed by atoms with Crippen LogP contribution in [0, 0.1) is 0 Å². The van der Waals surface area contributed by atoms with Crippen molar-refractivity contribution in [1.29, 1.82) is 0 Å². The predicted octanol–water partition coefficient (Wildman–Crippen LogP) is 5.75. The largest absolute Gasteiger partial charge is 0.361 e. The van der Waals surface area contributed by atoms with Gasteiger partial charge in [-0.3, -0.25) is 0 Å². The maximum absolute atomic E-state index is 3.30. The van der Waals surface area contributed by atoms with Gasteiger partial charge in [0.2, 0.25) is 5.52 Å². The number of aromatic nitrogens is 1. The third-order valence-electron chi connectivity index (χ3n) is 5.14. The van der Waals surface area contributed by atoms with E-state index < -0.39 is 0 Å². The van der Waals surface area contributed by atoms with Crippen molar-refractivity contribution in [2.75, 3.05) is 5.32 Å². The van der Waals surface area contributed by atoms with Crippen LogP contribution in [-0.4, -0.2) is 0 Å². The van der Waals surface area contributed by atoms with Crippen LogP contribution >= 0.6 is 0 Å². The van der Waals surface area contributed by atoms with Crippen LogP contribution in [0.25, 0.3) is 22.6 Å². The molecule has 1 N–H and O–H groups in total. The Balaban J connectivity index is 1.76. The van der Waals surface area contributed by atoms with Crippen molar-refractivity contribution >= 4 is 28.2 Å². The van der Waals surface area contributed by atoms with Crippen molar-refractivity contribution in [3.8, 4) is 0 Å². The summed E-state index contributed by atoms with van der Waals surface area (Å²) in [6.45, 7) is 5.43. The molecule has 0 saturated carbocycles. The van der Waals surface area contributed by atoms with Crippen molar-refractivity contribution in [1.82, 2.24) is 0 Å². The number of hydrogen-bond donors (Lipinski definition) is 1. The Labute approximate surface area is 161 Å². The summed E-state index contributed by atoms with van der Waals surface area (Å²) in [7, 11) is 0. The predicted molar refractivity (Wildman–Crippen MR) is 115 cm³/mol. The SMILES string of the molecule is CCc1cc(C=CC=C2C=CNc3ccccc32)c2ccccc2[n+]1CC. The zero-order valence-corrected chi connectivity index (χ0v) is 15.9. The molecule has 1 aliphatic rings. The Morgan fingerprint density at radius 2 is 1.81 bits per heavy atom. The summed E-state index contributed by atoms with van der Waals surface area (Å²) in [5, 5.41) is 4.60. The average molecular weight is 353 g/mol. The second-order valence-corrected chi connectivity index (χ2v) is 6.71. The van der Waals surface area contributed by atoms with Crippen molar-refractivity contribution in [3.05, 3.63) is 95.8 Å². The Morgan fingerprint density at radius 3 is 2.67 bits per heavy atom. The maximum atomic E-state index is 3.30. The molecule has 0 radical (unpaired) electrons. The second-order valence-electron chi connectivity index (χ2n) is 6.71. The number of benzene rings is 2. The molecule has 2 aromatic carbocycles. The van der Waals surface area contributed by atoms with Crippen molar-refractivity contribution < 1.29 is 4.57 Å². The van der Waals surface area contributed by atoms with Crippen molar-refractivity contribution in [2.24, 2.45) is 0 Å². The van der Waals surface area contributed by atoms with Gasteiger partial charge in [-0.25, -0.2) is 0 Å². The quantitative estimate of drug-likeness (QED) is 0.591. The van der Waals surface area contributed by atoms with E-state index in [1.54, 1.807) is 0 Å². The summed E-state index contributed by atoms with van der Waals surface area (Å²) in [4.78, 5) is 0. The molecule has 0 amide bonds. The molecule has 0 fully saturated rings. The normalized spacial score (nSPS) is 14.7. The monoisotopic (exact) mass is 353 g/mol. The molecule has 2 heteroatoms. The van der Waals surface area contributed by atoms with Crippen LogP contribution in [0.1, 0.15) is 30.7 Å². The van der Waals surface area contributed by atoms with Gasteiger partial charge < -0.3 is 5.32 Å². The highest BCUT2D eigenvalue weighted by Gasteiger charge is 2.15. The number of rotatable bonds is 4. The molecule has 0 atom stereocenters. The van der Waals surface area contributed by atoms with Crippen molar-refractivity contribution in [2.45, 2.75) is 26.8 Å². The molecule has 0 bridgehead atoms. The van der Waals surface area contributed by atoms with Crippen LogP contribution in [0.15, 0.2) is 79.0 Å². The van der Waals surface area contributed by atoms with Crippen LogP contribution in [-0.2, 0) is 13.0 Å². The first-order valence-corrected chi connectivity index (χ1v) is 9.67. The molecule has 2 nitrogen and oxygen atoms in total. The van der Waals surface area contributed by atoms with Crippen LogP contribution in [0.5, 0.6) is 0 Å². The molecule has 134 valence electrons. The molecule has 0 aliphatic carbocycles. The topological polar surface area (TPSA) is 15.9 Å². The lowest BCUT2D eigenvalue weighted by Crippen LogP contribution is -2.38. The Hall–Kier alpha value is -3.13. The number of para-hydroxylation sites is 2. The molecule has 4 rings (SSSR count). The van der Waals surface area contributed by atoms with Crippen LogP contribution in [0.4, 0.5) is 5.69 Å². The van der Waals surface area contributed by atoms with Gasteiger partial charge in [-0.2, -0.15) is 4.57 Å². The van der Waals surface area contributed by atoms with E-state index in [1.165, 1.54) is 33.3 Å². The van der Waals surface area contributed by atoms with Gasteiger partial charge in [-0.05, 0) is 36.3 Å². The van der Waals surface area contributed by atoms with Gasteiger partial charge in [0.25, 0.3) is 0 Å². The van der Waals surface area contributed by atoms with Gasteiger partial charge in [0, 0.05) is 36.0 Å². The van der Waals surface area contributed by atoms with Crippen LogP contribution in [0.3, 0.4) is 0 Å². The molecule has 1 aromatic heterocycles. The molecular weight excluding hydrogens is 328 g/mol. The van der Waals surface area contributed by atoms with E-state index in [4.69, 9.17) is 0 Å². The third-order valence-corrected chi connectivity index (χ3v) is 5.14. The van der Waals surface area contributed by atoms with Gasteiger partial charge in [-0.15, -0.1) is 0 Å². The lowest BCUT2D eigenvalue weighted by molar-refractivity contribution is -0.675. The van der Waals surface area contributed by atoms with E-state index in [0.717, 1.165) is 18.7 Å². The third kappa shape index (κ3) is 3.31. The summed E-state index contributed by atoms with van der Waals surface area (Å²) in [6.07, 6.45) is 11.7. The summed E-state index contributed by atoms with van der Waals surface area (Å²) in [5.74, 6) is 0. The highest BCUT2D eigenvalue weighted by atomic mass is 15.0. The summed E-state index contributed by atoms with van der Waals surface area (Å²) in [6, 6.07) is 19.4. The molecule has 0 spiro atoms. The first-order chi connectivity index (χ1) is 13.3. The fourth-order valence-electron chi connectivity index (χ4n) is 3.82. The van der Waals surface area contributed by atoms with E-state index >= 15 is 0 Å². The lowest BCUT2D eigenvalue weighted by atomic mass is 10.00. The molecule has 3 aromatic rings. The number of pyridine rings is 1. The zero-order chi connectivity index (χ0) is 18.6. The highest BCUT2D eigenvalue weighted by molar-refractivity contribution is 5.88. The van der Waals surface area contributed by atoms with E-state index in [-0.39, 0.29) is 0 Å². The smallest absolute Gasteiger partial charge is 0.213 e. The number of aryl methyl sites for hydroxylation is 2. The minimum absolute atomic E-state index is 0.992. The molecular formula is C25H25N2+. The zero-order valence-electron chi connectivity index (χ0n) is 15.9. The van der Waals surface area contributed by atoms with Gasteiger partial charge in [-0.1, -0.05) is 55.5 Å². The molecule has 0 unspecified atom stereocenters. The average Bonchev–Trinajstić information content (AvgIpc) is 2.73.